The van der Waals surface area contributed by atoms with Crippen molar-refractivity contribution in [1.29, 1.82) is 0 Å². The zero-order valence-electron chi connectivity index (χ0n) is 16.9. The van der Waals surface area contributed by atoms with Crippen molar-refractivity contribution in [3.8, 4) is 5.69 Å². The van der Waals surface area contributed by atoms with E-state index in [1.54, 1.807) is 59.7 Å². The minimum atomic E-state index is -3.38. The normalized spacial score (nSPS) is 19.1. The smallest absolute Gasteiger partial charge is 0.251 e. The molecule has 0 unspecified atom stereocenters. The van der Waals surface area contributed by atoms with Gasteiger partial charge in [0.25, 0.3) is 5.91 Å². The van der Waals surface area contributed by atoms with Gasteiger partial charge in [-0.05, 0) is 55.7 Å². The molecule has 0 aliphatic carbocycles. The Bertz CT molecular complexity index is 1100. The molecule has 2 atom stereocenters. The monoisotopic (exact) mass is 440 g/mol. The van der Waals surface area contributed by atoms with E-state index >= 15 is 0 Å². The number of ether oxygens (including phenoxy) is 1. The van der Waals surface area contributed by atoms with E-state index in [9.17, 15) is 13.2 Å². The first-order valence-corrected chi connectivity index (χ1v) is 11.7. The van der Waals surface area contributed by atoms with Crippen LogP contribution < -0.4 is 5.32 Å². The number of rotatable bonds is 7. The van der Waals surface area contributed by atoms with Gasteiger partial charge in [-0.3, -0.25) is 9.36 Å². The fourth-order valence-electron chi connectivity index (χ4n) is 3.70. The van der Waals surface area contributed by atoms with Gasteiger partial charge in [0.05, 0.1) is 16.2 Å². The van der Waals surface area contributed by atoms with Crippen molar-refractivity contribution in [2.45, 2.75) is 35.5 Å². The zero-order valence-corrected chi connectivity index (χ0v) is 17.7. The van der Waals surface area contributed by atoms with E-state index < -0.39 is 15.1 Å². The van der Waals surface area contributed by atoms with Crippen LogP contribution in [0.3, 0.4) is 0 Å². The minimum Gasteiger partial charge on any atom is -0.378 e. The summed E-state index contributed by atoms with van der Waals surface area (Å²) >= 11 is 0. The van der Waals surface area contributed by atoms with Gasteiger partial charge in [0.2, 0.25) is 0 Å². The van der Waals surface area contributed by atoms with Gasteiger partial charge >= 0.3 is 0 Å². The minimum absolute atomic E-state index is 0.181. The molecule has 2 aromatic carbocycles. The molecule has 8 nitrogen and oxygen atoms in total. The van der Waals surface area contributed by atoms with Crippen molar-refractivity contribution in [1.82, 2.24) is 20.1 Å². The van der Waals surface area contributed by atoms with Gasteiger partial charge < -0.3 is 10.1 Å². The Morgan fingerprint density at radius 3 is 2.48 bits per heavy atom. The number of sulfone groups is 1. The summed E-state index contributed by atoms with van der Waals surface area (Å²) < 4.78 is 33.3. The van der Waals surface area contributed by atoms with Crippen molar-refractivity contribution in [2.24, 2.45) is 0 Å². The van der Waals surface area contributed by atoms with Crippen molar-refractivity contribution in [3.05, 3.63) is 72.8 Å². The highest BCUT2D eigenvalue weighted by Gasteiger charge is 2.33. The molecule has 1 saturated heterocycles. The fraction of sp³-hybridized carbons (Fsp3) is 0.318. The molecule has 0 spiro atoms. The van der Waals surface area contributed by atoms with Crippen LogP contribution >= 0.6 is 0 Å². The molecular formula is C22H24N4O4S. The van der Waals surface area contributed by atoms with Gasteiger partial charge in [-0.25, -0.2) is 8.42 Å². The van der Waals surface area contributed by atoms with Gasteiger partial charge in [-0.2, -0.15) is 0 Å². The van der Waals surface area contributed by atoms with Crippen LogP contribution in [0.1, 0.15) is 29.6 Å². The van der Waals surface area contributed by atoms with Gasteiger partial charge in [-0.1, -0.05) is 18.2 Å². The maximum absolute atomic E-state index is 12.9. The van der Waals surface area contributed by atoms with Gasteiger partial charge in [0.1, 0.15) is 12.7 Å². The van der Waals surface area contributed by atoms with Crippen LogP contribution in [-0.4, -0.2) is 53.6 Å². The number of carbonyl (C=O) groups is 1. The Kier molecular flexibility index (Phi) is 6.43. The molecule has 9 heteroatoms. The van der Waals surface area contributed by atoms with E-state index in [-0.39, 0.29) is 12.0 Å². The molecule has 1 aromatic heterocycles. The topological polar surface area (TPSA) is 103 Å². The number of nitrogens with one attached hydrogen (secondary N) is 1. The Hall–Kier alpha value is -3.04. The molecule has 162 valence electrons. The van der Waals surface area contributed by atoms with Crippen molar-refractivity contribution < 1.29 is 17.9 Å². The van der Waals surface area contributed by atoms with Gasteiger partial charge in [0.15, 0.2) is 9.84 Å². The number of carbonyl (C=O) groups excluding carboxylic acids is 1. The van der Waals surface area contributed by atoms with E-state index in [2.05, 4.69) is 15.5 Å². The first-order valence-electron chi connectivity index (χ1n) is 10.2. The lowest BCUT2D eigenvalue weighted by Crippen LogP contribution is -2.36. The van der Waals surface area contributed by atoms with Crippen molar-refractivity contribution >= 4 is 15.7 Å². The predicted molar refractivity (Wildman–Crippen MR) is 115 cm³/mol. The Labute approximate surface area is 181 Å². The van der Waals surface area contributed by atoms with Crippen LogP contribution in [0.4, 0.5) is 0 Å². The number of aromatic nitrogens is 3. The number of amides is 1. The molecule has 0 bridgehead atoms. The van der Waals surface area contributed by atoms with Crippen LogP contribution in [0.25, 0.3) is 5.69 Å². The largest absolute Gasteiger partial charge is 0.378 e. The molecule has 1 fully saturated rings. The summed E-state index contributed by atoms with van der Waals surface area (Å²) in [5.41, 5.74) is 1.41. The summed E-state index contributed by atoms with van der Waals surface area (Å²) in [4.78, 5) is 12.8. The quantitative estimate of drug-likeness (QED) is 0.605. The lowest BCUT2D eigenvalue weighted by molar-refractivity contribution is 0.0132. The van der Waals surface area contributed by atoms with Crippen LogP contribution in [0, 0.1) is 0 Å². The third-order valence-electron chi connectivity index (χ3n) is 5.43. The highest BCUT2D eigenvalue weighted by atomic mass is 32.2. The second-order valence-corrected chi connectivity index (χ2v) is 9.69. The lowest BCUT2D eigenvalue weighted by atomic mass is 10.1. The second-order valence-electron chi connectivity index (χ2n) is 7.46. The molecule has 1 aliphatic heterocycles. The van der Waals surface area contributed by atoms with Crippen LogP contribution in [0.15, 0.2) is 72.1 Å². The number of nitrogens with zero attached hydrogens (tertiary/aromatic N) is 3. The maximum atomic E-state index is 12.9. The molecule has 3 aromatic rings. The number of hydrogen-bond donors (Lipinski definition) is 1. The molecule has 0 saturated carbocycles. The highest BCUT2D eigenvalue weighted by molar-refractivity contribution is 7.92. The molecule has 0 radical (unpaired) electrons. The fourth-order valence-corrected chi connectivity index (χ4v) is 5.49. The molecule has 31 heavy (non-hydrogen) atoms. The van der Waals surface area contributed by atoms with E-state index in [0.717, 1.165) is 5.69 Å². The Morgan fingerprint density at radius 1 is 1.06 bits per heavy atom. The Balaban J connectivity index is 1.29. The lowest BCUT2D eigenvalue weighted by Gasteiger charge is -2.29. The first kappa shape index (κ1) is 21.2. The average Bonchev–Trinajstić information content (AvgIpc) is 3.35. The van der Waals surface area contributed by atoms with Gasteiger partial charge in [-0.15, -0.1) is 10.2 Å². The molecule has 1 aliphatic rings. The number of hydrogen-bond acceptors (Lipinski definition) is 6. The third-order valence-corrected chi connectivity index (χ3v) is 7.66. The van der Waals surface area contributed by atoms with Crippen LogP contribution in [0.5, 0.6) is 0 Å². The molecule has 1 N–H and O–H groups in total. The van der Waals surface area contributed by atoms with E-state index in [1.807, 2.05) is 12.1 Å². The summed E-state index contributed by atoms with van der Waals surface area (Å²) in [6.07, 6.45) is 4.45. The van der Waals surface area contributed by atoms with Crippen molar-refractivity contribution in [3.63, 3.8) is 0 Å². The zero-order chi connectivity index (χ0) is 21.7. The second kappa shape index (κ2) is 9.40. The van der Waals surface area contributed by atoms with E-state index in [4.69, 9.17) is 4.74 Å². The highest BCUT2D eigenvalue weighted by Crippen LogP contribution is 2.27. The summed E-state index contributed by atoms with van der Waals surface area (Å²) in [5.74, 6) is -0.181. The maximum Gasteiger partial charge on any atom is 0.251 e. The van der Waals surface area contributed by atoms with Crippen LogP contribution in [0.2, 0.25) is 0 Å². The number of benzene rings is 2. The standard InChI is InChI=1S/C22H24N4O4S/c27-22(17-6-8-18(9-7-17)26-15-24-25-16-26)23-12-10-19-14-21(11-13-30-19)31(28,29)20-4-2-1-3-5-20/h1-9,15-16,19,21H,10-14H2,(H,23,27)/t19-,21+/m1/s1. The molecular weight excluding hydrogens is 416 g/mol. The molecule has 4 rings (SSSR count). The summed E-state index contributed by atoms with van der Waals surface area (Å²) in [6, 6.07) is 15.7. The summed E-state index contributed by atoms with van der Waals surface area (Å²) in [5, 5.41) is 9.95. The molecule has 1 amide bonds. The van der Waals surface area contributed by atoms with Crippen molar-refractivity contribution in [2.75, 3.05) is 13.2 Å². The average molecular weight is 441 g/mol. The Morgan fingerprint density at radius 2 is 1.77 bits per heavy atom. The van der Waals surface area contributed by atoms with E-state index in [0.29, 0.717) is 42.9 Å². The van der Waals surface area contributed by atoms with Gasteiger partial charge in [0, 0.05) is 24.4 Å². The summed E-state index contributed by atoms with van der Waals surface area (Å²) in [7, 11) is -3.38. The summed E-state index contributed by atoms with van der Waals surface area (Å²) in [6.45, 7) is 0.814. The van der Waals surface area contributed by atoms with Crippen LogP contribution in [-0.2, 0) is 14.6 Å². The third kappa shape index (κ3) is 5.00. The van der Waals surface area contributed by atoms with E-state index in [1.165, 1.54) is 0 Å². The first-order chi connectivity index (χ1) is 15.0. The molecule has 2 heterocycles. The SMILES string of the molecule is O=C(NCC[C@@H]1C[C@@H](S(=O)(=O)c2ccccc2)CCO1)c1ccc(-n2cnnc2)cc1. The predicted octanol–water partition coefficient (Wildman–Crippen LogP) is 2.41.